The molecule has 0 saturated heterocycles. The van der Waals surface area contributed by atoms with Crippen molar-refractivity contribution in [1.29, 1.82) is 0 Å². The highest BCUT2D eigenvalue weighted by molar-refractivity contribution is 5.45. The Hall–Kier alpha value is -1.09. The van der Waals surface area contributed by atoms with Gasteiger partial charge in [0.1, 0.15) is 5.82 Å². The van der Waals surface area contributed by atoms with Crippen LogP contribution in [-0.4, -0.2) is 12.1 Å². The van der Waals surface area contributed by atoms with Gasteiger partial charge >= 0.3 is 0 Å². The fraction of sp³-hybridized carbons (Fsp3) is 0.600. The van der Waals surface area contributed by atoms with Gasteiger partial charge in [0.25, 0.3) is 0 Å². The molecular weight excluding hydrogens is 227 g/mol. The van der Waals surface area contributed by atoms with E-state index in [0.717, 1.165) is 18.5 Å². The van der Waals surface area contributed by atoms with Crippen molar-refractivity contribution in [2.24, 2.45) is 5.73 Å². The molecule has 0 unspecified atom stereocenters. The number of halogens is 1. The third-order valence-corrected chi connectivity index (χ3v) is 3.96. The van der Waals surface area contributed by atoms with Gasteiger partial charge in [0.15, 0.2) is 0 Å². The minimum Gasteiger partial charge on any atom is -0.378 e. The Morgan fingerprint density at radius 2 is 1.56 bits per heavy atom. The summed E-state index contributed by atoms with van der Waals surface area (Å²) >= 11 is 0. The van der Waals surface area contributed by atoms with Crippen LogP contribution in [0.5, 0.6) is 0 Å². The lowest BCUT2D eigenvalue weighted by Crippen LogP contribution is -2.46. The Morgan fingerprint density at radius 1 is 1.00 bits per heavy atom. The molecule has 1 aliphatic rings. The van der Waals surface area contributed by atoms with Crippen LogP contribution in [0.25, 0.3) is 0 Å². The van der Waals surface area contributed by atoms with E-state index in [9.17, 15) is 4.39 Å². The van der Waals surface area contributed by atoms with E-state index in [1.54, 1.807) is 12.1 Å². The van der Waals surface area contributed by atoms with Crippen molar-refractivity contribution in [3.05, 3.63) is 30.1 Å². The zero-order valence-electron chi connectivity index (χ0n) is 10.9. The summed E-state index contributed by atoms with van der Waals surface area (Å²) in [5, 5.41) is 3.55. The predicted octanol–water partition coefficient (Wildman–Crippen LogP) is 3.68. The lowest BCUT2D eigenvalue weighted by atomic mass is 9.83. The fourth-order valence-electron chi connectivity index (χ4n) is 2.80. The number of benzene rings is 1. The van der Waals surface area contributed by atoms with Gasteiger partial charge in [-0.1, -0.05) is 32.1 Å². The van der Waals surface area contributed by atoms with Gasteiger partial charge in [0, 0.05) is 17.8 Å². The van der Waals surface area contributed by atoms with Crippen LogP contribution in [0, 0.1) is 5.82 Å². The summed E-state index contributed by atoms with van der Waals surface area (Å²) in [6.45, 7) is 0.643. The number of hydrogen-bond acceptors (Lipinski definition) is 2. The van der Waals surface area contributed by atoms with E-state index in [1.165, 1.54) is 44.2 Å². The van der Waals surface area contributed by atoms with Gasteiger partial charge < -0.3 is 11.1 Å². The Bertz CT molecular complexity index is 353. The van der Waals surface area contributed by atoms with Crippen LogP contribution in [0.2, 0.25) is 0 Å². The van der Waals surface area contributed by atoms with Crippen LogP contribution in [0.4, 0.5) is 10.1 Å². The van der Waals surface area contributed by atoms with Crippen molar-refractivity contribution < 1.29 is 4.39 Å². The Kier molecular flexibility index (Phi) is 4.59. The average molecular weight is 250 g/mol. The number of nitrogens with two attached hydrogens (primary N) is 1. The third-order valence-electron chi connectivity index (χ3n) is 3.96. The van der Waals surface area contributed by atoms with Crippen molar-refractivity contribution in [3.8, 4) is 0 Å². The van der Waals surface area contributed by atoms with E-state index in [4.69, 9.17) is 5.73 Å². The average Bonchev–Trinajstić information content (AvgIpc) is 2.36. The molecule has 0 heterocycles. The summed E-state index contributed by atoms with van der Waals surface area (Å²) < 4.78 is 12.9. The van der Waals surface area contributed by atoms with Crippen molar-refractivity contribution in [2.45, 2.75) is 50.5 Å². The summed E-state index contributed by atoms with van der Waals surface area (Å²) in [5.74, 6) is -0.194. The summed E-state index contributed by atoms with van der Waals surface area (Å²) in [7, 11) is 0. The standard InChI is InChI=1S/C15H23FN2/c16-13-6-8-14(9-7-13)18-15(12-17)10-4-2-1-3-5-11-15/h6-9,18H,1-5,10-12,17H2. The van der Waals surface area contributed by atoms with Gasteiger partial charge in [-0.15, -0.1) is 0 Å². The maximum absolute atomic E-state index is 12.9. The molecular formula is C15H23FN2. The molecule has 0 radical (unpaired) electrons. The van der Waals surface area contributed by atoms with Crippen molar-refractivity contribution >= 4 is 5.69 Å². The predicted molar refractivity (Wildman–Crippen MR) is 74.1 cm³/mol. The first-order valence-electron chi connectivity index (χ1n) is 6.98. The summed E-state index contributed by atoms with van der Waals surface area (Å²) in [4.78, 5) is 0. The molecule has 3 N–H and O–H groups in total. The smallest absolute Gasteiger partial charge is 0.123 e. The topological polar surface area (TPSA) is 38.0 Å². The second-order valence-corrected chi connectivity index (χ2v) is 5.38. The van der Waals surface area contributed by atoms with Crippen molar-refractivity contribution in [3.63, 3.8) is 0 Å². The SMILES string of the molecule is NCC1(Nc2ccc(F)cc2)CCCCCCC1. The molecule has 0 aromatic heterocycles. The molecule has 18 heavy (non-hydrogen) atoms. The highest BCUT2D eigenvalue weighted by Gasteiger charge is 2.28. The molecule has 2 rings (SSSR count). The van der Waals surface area contributed by atoms with Crippen LogP contribution in [0.1, 0.15) is 44.9 Å². The van der Waals surface area contributed by atoms with E-state index in [-0.39, 0.29) is 11.4 Å². The maximum Gasteiger partial charge on any atom is 0.123 e. The monoisotopic (exact) mass is 250 g/mol. The lowest BCUT2D eigenvalue weighted by Gasteiger charge is -2.36. The summed E-state index contributed by atoms with van der Waals surface area (Å²) in [6.07, 6.45) is 8.62. The molecule has 0 amide bonds. The van der Waals surface area contributed by atoms with Gasteiger partial charge in [0.2, 0.25) is 0 Å². The molecule has 1 aromatic carbocycles. The molecule has 0 atom stereocenters. The first-order chi connectivity index (χ1) is 8.74. The van der Waals surface area contributed by atoms with Gasteiger partial charge in [0.05, 0.1) is 0 Å². The first kappa shape index (κ1) is 13.3. The molecule has 2 nitrogen and oxygen atoms in total. The molecule has 100 valence electrons. The van der Waals surface area contributed by atoms with Crippen molar-refractivity contribution in [1.82, 2.24) is 0 Å². The summed E-state index contributed by atoms with van der Waals surface area (Å²) in [6, 6.07) is 6.59. The van der Waals surface area contributed by atoms with E-state index >= 15 is 0 Å². The van der Waals surface area contributed by atoms with E-state index in [1.807, 2.05) is 0 Å². The van der Waals surface area contributed by atoms with Gasteiger partial charge in [-0.25, -0.2) is 4.39 Å². The van der Waals surface area contributed by atoms with Crippen molar-refractivity contribution in [2.75, 3.05) is 11.9 Å². The van der Waals surface area contributed by atoms with Gasteiger partial charge in [-0.05, 0) is 37.1 Å². The van der Waals surface area contributed by atoms with Crippen LogP contribution in [-0.2, 0) is 0 Å². The molecule has 1 aromatic rings. The van der Waals surface area contributed by atoms with E-state index < -0.39 is 0 Å². The van der Waals surface area contributed by atoms with E-state index in [2.05, 4.69) is 5.32 Å². The van der Waals surface area contributed by atoms with E-state index in [0.29, 0.717) is 6.54 Å². The largest absolute Gasteiger partial charge is 0.378 e. The fourth-order valence-corrected chi connectivity index (χ4v) is 2.80. The van der Waals surface area contributed by atoms with Gasteiger partial charge in [-0.2, -0.15) is 0 Å². The molecule has 1 aliphatic carbocycles. The number of hydrogen-bond donors (Lipinski definition) is 2. The van der Waals surface area contributed by atoms with Crippen LogP contribution >= 0.6 is 0 Å². The zero-order chi connectivity index (χ0) is 12.8. The van der Waals surface area contributed by atoms with Crippen LogP contribution in [0.3, 0.4) is 0 Å². The van der Waals surface area contributed by atoms with Gasteiger partial charge in [-0.3, -0.25) is 0 Å². The molecule has 0 spiro atoms. The first-order valence-corrected chi connectivity index (χ1v) is 6.98. The normalized spacial score (nSPS) is 19.9. The quantitative estimate of drug-likeness (QED) is 0.858. The number of anilines is 1. The maximum atomic E-state index is 12.9. The lowest BCUT2D eigenvalue weighted by molar-refractivity contribution is 0.351. The molecule has 0 bridgehead atoms. The second kappa shape index (κ2) is 6.19. The molecule has 1 fully saturated rings. The highest BCUT2D eigenvalue weighted by atomic mass is 19.1. The number of nitrogens with one attached hydrogen (secondary N) is 1. The second-order valence-electron chi connectivity index (χ2n) is 5.38. The molecule has 0 aliphatic heterocycles. The third kappa shape index (κ3) is 3.45. The Labute approximate surface area is 109 Å². The highest BCUT2D eigenvalue weighted by Crippen LogP contribution is 2.29. The van der Waals surface area contributed by atoms with Crippen LogP contribution < -0.4 is 11.1 Å². The Balaban J connectivity index is 2.07. The molecule has 1 saturated carbocycles. The minimum absolute atomic E-state index is 0.00174. The minimum atomic E-state index is -0.194. The zero-order valence-corrected chi connectivity index (χ0v) is 10.9. The number of rotatable bonds is 3. The summed E-state index contributed by atoms with van der Waals surface area (Å²) in [5.41, 5.74) is 6.97. The Morgan fingerprint density at radius 3 is 2.11 bits per heavy atom. The van der Waals surface area contributed by atoms with Crippen LogP contribution in [0.15, 0.2) is 24.3 Å². The molecule has 3 heteroatoms.